The van der Waals surface area contributed by atoms with Crippen LogP contribution in [0.4, 0.5) is 0 Å². The van der Waals surface area contributed by atoms with Crippen molar-refractivity contribution in [3.8, 4) is 0 Å². The third-order valence-corrected chi connectivity index (χ3v) is 3.15. The number of amides is 1. The number of carbonyl (C=O) groups excluding carboxylic acids is 1. The number of fused-ring (bicyclic) bond motifs is 3. The Morgan fingerprint density at radius 3 is 2.65 bits per heavy atom. The number of nitrogens with one attached hydrogen (secondary N) is 1. The van der Waals surface area contributed by atoms with Gasteiger partial charge in [-0.3, -0.25) is 14.8 Å². The van der Waals surface area contributed by atoms with Crippen LogP contribution in [0, 0.1) is 0 Å². The first-order chi connectivity index (χ1) is 9.66. The van der Waals surface area contributed by atoms with Crippen molar-refractivity contribution in [2.45, 2.75) is 19.9 Å². The van der Waals surface area contributed by atoms with Crippen LogP contribution in [0.3, 0.4) is 0 Å². The maximum Gasteiger partial charge on any atom is 0.270 e. The second-order valence-electron chi connectivity index (χ2n) is 5.02. The fourth-order valence-electron chi connectivity index (χ4n) is 2.30. The summed E-state index contributed by atoms with van der Waals surface area (Å²) >= 11 is 0. The highest BCUT2D eigenvalue weighted by Gasteiger charge is 2.14. The standard InChI is InChI=1S/C16H15N3O/c1-10(2)19-16(20)15-13-9-18-14-6-4-3-5-12(14)11(13)7-8-17-15/h3-10H,1-2H3,(H,19,20). The summed E-state index contributed by atoms with van der Waals surface area (Å²) in [5.41, 5.74) is 1.34. The molecule has 2 heterocycles. The van der Waals surface area contributed by atoms with Crippen LogP contribution in [-0.2, 0) is 0 Å². The predicted octanol–water partition coefficient (Wildman–Crippen LogP) is 2.92. The molecule has 3 rings (SSSR count). The summed E-state index contributed by atoms with van der Waals surface area (Å²) in [5, 5.41) is 5.68. The molecule has 4 nitrogen and oxygen atoms in total. The van der Waals surface area contributed by atoms with Gasteiger partial charge in [0.25, 0.3) is 5.91 Å². The molecule has 0 aliphatic rings. The molecule has 2 aromatic heterocycles. The van der Waals surface area contributed by atoms with E-state index >= 15 is 0 Å². The van der Waals surface area contributed by atoms with Crippen molar-refractivity contribution in [3.63, 3.8) is 0 Å². The minimum Gasteiger partial charge on any atom is -0.349 e. The number of hydrogen-bond donors (Lipinski definition) is 1. The lowest BCUT2D eigenvalue weighted by Gasteiger charge is -2.10. The predicted molar refractivity (Wildman–Crippen MR) is 79.6 cm³/mol. The molecule has 0 spiro atoms. The zero-order valence-corrected chi connectivity index (χ0v) is 11.4. The Bertz CT molecular complexity index is 796. The summed E-state index contributed by atoms with van der Waals surface area (Å²) < 4.78 is 0. The van der Waals surface area contributed by atoms with Crippen LogP contribution in [-0.4, -0.2) is 21.9 Å². The monoisotopic (exact) mass is 265 g/mol. The highest BCUT2D eigenvalue weighted by molar-refractivity contribution is 6.12. The Labute approximate surface area is 116 Å². The normalized spacial score (nSPS) is 11.2. The molecule has 0 bridgehead atoms. The van der Waals surface area contributed by atoms with Gasteiger partial charge in [-0.2, -0.15) is 0 Å². The number of aromatic nitrogens is 2. The smallest absolute Gasteiger partial charge is 0.270 e. The van der Waals surface area contributed by atoms with E-state index in [4.69, 9.17) is 0 Å². The molecule has 4 heteroatoms. The minimum atomic E-state index is -0.164. The number of pyridine rings is 2. The van der Waals surface area contributed by atoms with Crippen LogP contribution in [0.2, 0.25) is 0 Å². The lowest BCUT2D eigenvalue weighted by molar-refractivity contribution is 0.0940. The topological polar surface area (TPSA) is 54.9 Å². The number of rotatable bonds is 2. The number of hydrogen-bond acceptors (Lipinski definition) is 3. The van der Waals surface area contributed by atoms with Crippen molar-refractivity contribution in [1.29, 1.82) is 0 Å². The van der Waals surface area contributed by atoms with Crippen LogP contribution in [0.15, 0.2) is 42.7 Å². The molecular weight excluding hydrogens is 250 g/mol. The van der Waals surface area contributed by atoms with Crippen molar-refractivity contribution in [2.24, 2.45) is 0 Å². The van der Waals surface area contributed by atoms with E-state index in [-0.39, 0.29) is 11.9 Å². The number of benzene rings is 1. The fraction of sp³-hybridized carbons (Fsp3) is 0.188. The van der Waals surface area contributed by atoms with Gasteiger partial charge in [0, 0.05) is 29.2 Å². The third-order valence-electron chi connectivity index (χ3n) is 3.15. The molecule has 3 aromatic rings. The van der Waals surface area contributed by atoms with E-state index in [9.17, 15) is 4.79 Å². The summed E-state index contributed by atoms with van der Waals surface area (Å²) in [5.74, 6) is -0.164. The zero-order valence-electron chi connectivity index (χ0n) is 11.4. The van der Waals surface area contributed by atoms with Crippen LogP contribution in [0.25, 0.3) is 21.7 Å². The zero-order chi connectivity index (χ0) is 14.1. The average molecular weight is 265 g/mol. The van der Waals surface area contributed by atoms with Gasteiger partial charge in [0.2, 0.25) is 0 Å². The van der Waals surface area contributed by atoms with Crippen LogP contribution in [0.5, 0.6) is 0 Å². The van der Waals surface area contributed by atoms with Gasteiger partial charge in [-0.15, -0.1) is 0 Å². The Kier molecular flexibility index (Phi) is 3.06. The molecule has 0 saturated carbocycles. The highest BCUT2D eigenvalue weighted by Crippen LogP contribution is 2.24. The van der Waals surface area contributed by atoms with Crippen LogP contribution < -0.4 is 5.32 Å². The molecule has 0 saturated heterocycles. The second-order valence-corrected chi connectivity index (χ2v) is 5.02. The summed E-state index contributed by atoms with van der Waals surface area (Å²) in [6, 6.07) is 9.89. The first kappa shape index (κ1) is 12.5. The Morgan fingerprint density at radius 2 is 1.85 bits per heavy atom. The van der Waals surface area contributed by atoms with Gasteiger partial charge < -0.3 is 5.32 Å². The summed E-state index contributed by atoms with van der Waals surface area (Å²) in [7, 11) is 0. The maximum atomic E-state index is 12.2. The van der Waals surface area contributed by atoms with Crippen molar-refractivity contribution < 1.29 is 4.79 Å². The van der Waals surface area contributed by atoms with E-state index in [1.165, 1.54) is 0 Å². The molecule has 0 atom stereocenters. The van der Waals surface area contributed by atoms with Gasteiger partial charge >= 0.3 is 0 Å². The first-order valence-corrected chi connectivity index (χ1v) is 6.60. The minimum absolute atomic E-state index is 0.0768. The van der Waals surface area contributed by atoms with Gasteiger partial charge in [0.1, 0.15) is 5.69 Å². The molecule has 0 aliphatic heterocycles. The Morgan fingerprint density at radius 1 is 1.05 bits per heavy atom. The molecule has 1 aromatic carbocycles. The van der Waals surface area contributed by atoms with Crippen LogP contribution >= 0.6 is 0 Å². The van der Waals surface area contributed by atoms with E-state index in [1.54, 1.807) is 12.4 Å². The summed E-state index contributed by atoms with van der Waals surface area (Å²) in [4.78, 5) is 20.8. The van der Waals surface area contributed by atoms with E-state index in [0.717, 1.165) is 21.7 Å². The maximum absolute atomic E-state index is 12.2. The number of nitrogens with zero attached hydrogens (tertiary/aromatic N) is 2. The van der Waals surface area contributed by atoms with E-state index < -0.39 is 0 Å². The fourth-order valence-corrected chi connectivity index (χ4v) is 2.30. The van der Waals surface area contributed by atoms with E-state index in [2.05, 4.69) is 15.3 Å². The Balaban J connectivity index is 2.25. The van der Waals surface area contributed by atoms with Gasteiger partial charge in [0.05, 0.1) is 5.52 Å². The number of carbonyl (C=O) groups is 1. The van der Waals surface area contributed by atoms with Crippen molar-refractivity contribution in [3.05, 3.63) is 48.4 Å². The first-order valence-electron chi connectivity index (χ1n) is 6.60. The second kappa shape index (κ2) is 4.89. The Hall–Kier alpha value is -2.49. The van der Waals surface area contributed by atoms with Gasteiger partial charge in [-0.05, 0) is 31.4 Å². The van der Waals surface area contributed by atoms with Gasteiger partial charge in [-0.1, -0.05) is 18.2 Å². The molecular formula is C16H15N3O. The van der Waals surface area contributed by atoms with Crippen LogP contribution in [0.1, 0.15) is 24.3 Å². The van der Waals surface area contributed by atoms with Gasteiger partial charge in [0.15, 0.2) is 0 Å². The molecule has 1 amide bonds. The molecule has 0 unspecified atom stereocenters. The third kappa shape index (κ3) is 2.09. The lowest BCUT2D eigenvalue weighted by Crippen LogP contribution is -2.30. The molecule has 0 aliphatic carbocycles. The SMILES string of the molecule is CC(C)NC(=O)c1nccc2c1cnc1ccccc12. The molecule has 1 N–H and O–H groups in total. The summed E-state index contributed by atoms with van der Waals surface area (Å²) in [6.07, 6.45) is 3.39. The quantitative estimate of drug-likeness (QED) is 0.725. The van der Waals surface area contributed by atoms with Gasteiger partial charge in [-0.25, -0.2) is 0 Å². The van der Waals surface area contributed by atoms with E-state index in [0.29, 0.717) is 5.69 Å². The molecule has 0 radical (unpaired) electrons. The van der Waals surface area contributed by atoms with E-state index in [1.807, 2.05) is 44.2 Å². The summed E-state index contributed by atoms with van der Waals surface area (Å²) in [6.45, 7) is 3.85. The van der Waals surface area contributed by atoms with Crippen molar-refractivity contribution in [1.82, 2.24) is 15.3 Å². The van der Waals surface area contributed by atoms with Crippen molar-refractivity contribution in [2.75, 3.05) is 0 Å². The average Bonchev–Trinajstić information content (AvgIpc) is 2.45. The number of para-hydroxylation sites is 1. The highest BCUT2D eigenvalue weighted by atomic mass is 16.1. The molecule has 0 fully saturated rings. The lowest BCUT2D eigenvalue weighted by atomic mass is 10.1. The molecule has 20 heavy (non-hydrogen) atoms. The molecule has 100 valence electrons. The largest absolute Gasteiger partial charge is 0.349 e. The van der Waals surface area contributed by atoms with Crippen molar-refractivity contribution >= 4 is 27.6 Å².